The molecule has 14 heteroatoms. The monoisotopic (exact) mass is 454 g/mol. The lowest BCUT2D eigenvalue weighted by Gasteiger charge is -2.25. The highest BCUT2D eigenvalue weighted by Gasteiger charge is 2.30. The lowest BCUT2D eigenvalue weighted by molar-refractivity contribution is -0.954. The van der Waals surface area contributed by atoms with Crippen molar-refractivity contribution < 1.29 is 66.3 Å². The molecule has 1 unspecified atom stereocenters. The second-order valence-corrected chi connectivity index (χ2v) is 5.98. The number of nitrogens with two attached hydrogens (primary N) is 1. The van der Waals surface area contributed by atoms with Crippen molar-refractivity contribution in [2.45, 2.75) is 44.6 Å². The van der Waals surface area contributed by atoms with Gasteiger partial charge in [0.1, 0.15) is 38.1 Å². The molecule has 30 heavy (non-hydrogen) atoms. The van der Waals surface area contributed by atoms with Gasteiger partial charge >= 0.3 is 18.3 Å². The summed E-state index contributed by atoms with van der Waals surface area (Å²) in [4.78, 5) is 29.9. The van der Waals surface area contributed by atoms with E-state index in [9.17, 15) is 36.2 Å². The maximum atomic E-state index is 11.2. The van der Waals surface area contributed by atoms with Gasteiger partial charge in [-0.05, 0) is 12.5 Å². The number of carbonyl (C=O) groups excluding carboxylic acids is 2. The van der Waals surface area contributed by atoms with Crippen LogP contribution in [-0.2, 0) is 14.4 Å². The zero-order valence-corrected chi connectivity index (χ0v) is 16.0. The molecule has 0 aliphatic carbocycles. The normalized spacial score (nSPS) is 16.0. The van der Waals surface area contributed by atoms with Gasteiger partial charge in [0.25, 0.3) is 0 Å². The number of quaternary nitrogens is 2. The molecule has 0 aromatic carbocycles. The number of unbranched alkanes of at least 4 members (excludes halogenated alkanes) is 2. The standard InChI is InChI=1S/C12H22N2O2.2C2HF3O2/c1-2-3-4-5-6-11(12(15)16)14-9-7-13-8-10-14;2*3-2(4,5)1(6)7/h5-6,11,13H,2-4,7-10H2,1H3,(H,15,16);2*(H,6,7)/b6-5+;;. The Hall–Kier alpha value is -2.35. The van der Waals surface area contributed by atoms with Crippen molar-refractivity contribution in [2.75, 3.05) is 26.2 Å². The summed E-state index contributed by atoms with van der Waals surface area (Å²) in [5, 5.41) is 29.0. The fraction of sp³-hybridized carbons (Fsp3) is 0.688. The summed E-state index contributed by atoms with van der Waals surface area (Å²) in [6.45, 7) is 6.14. The topological polar surface area (TPSA) is 139 Å². The van der Waals surface area contributed by atoms with Crippen molar-refractivity contribution in [3.05, 3.63) is 12.2 Å². The fourth-order valence-corrected chi connectivity index (χ4v) is 2.10. The minimum Gasteiger partial charge on any atom is -0.542 e. The Balaban J connectivity index is 0. The van der Waals surface area contributed by atoms with E-state index < -0.39 is 30.3 Å². The Morgan fingerprint density at radius 2 is 1.43 bits per heavy atom. The first kappa shape index (κ1) is 29.8. The average Bonchev–Trinajstić information content (AvgIpc) is 2.61. The van der Waals surface area contributed by atoms with Gasteiger partial charge in [0.05, 0.1) is 0 Å². The Morgan fingerprint density at radius 1 is 1.03 bits per heavy atom. The minimum absolute atomic E-state index is 0.342. The highest BCUT2D eigenvalue weighted by molar-refractivity contribution is 5.74. The molecule has 1 saturated heterocycles. The molecule has 8 nitrogen and oxygen atoms in total. The predicted molar refractivity (Wildman–Crippen MR) is 84.6 cm³/mol. The third-order valence-corrected chi connectivity index (χ3v) is 3.56. The van der Waals surface area contributed by atoms with Crippen LogP contribution >= 0.6 is 0 Å². The largest absolute Gasteiger partial charge is 0.542 e. The van der Waals surface area contributed by atoms with Gasteiger partial charge in [-0.15, -0.1) is 0 Å². The molecule has 0 saturated carbocycles. The van der Waals surface area contributed by atoms with E-state index in [2.05, 4.69) is 12.2 Å². The molecule has 1 atom stereocenters. The number of hydrogen-bond donors (Lipinski definition) is 3. The maximum Gasteiger partial charge on any atom is 0.430 e. The Bertz CT molecular complexity index is 535. The Labute approximate surface area is 168 Å². The molecule has 0 bridgehead atoms. The third kappa shape index (κ3) is 15.6. The summed E-state index contributed by atoms with van der Waals surface area (Å²) in [6.07, 6.45) is -3.16. The van der Waals surface area contributed by atoms with Crippen LogP contribution in [0.1, 0.15) is 26.2 Å². The zero-order valence-electron chi connectivity index (χ0n) is 16.0. The van der Waals surface area contributed by atoms with Crippen LogP contribution in [0.3, 0.4) is 0 Å². The first-order valence-corrected chi connectivity index (χ1v) is 8.76. The van der Waals surface area contributed by atoms with Crippen LogP contribution in [0.5, 0.6) is 0 Å². The van der Waals surface area contributed by atoms with Gasteiger partial charge < -0.3 is 35.1 Å². The Morgan fingerprint density at radius 3 is 1.73 bits per heavy atom. The number of allylic oxidation sites excluding steroid dienone is 1. The molecule has 1 aliphatic rings. The van der Waals surface area contributed by atoms with Crippen molar-refractivity contribution in [1.82, 2.24) is 0 Å². The van der Waals surface area contributed by atoms with E-state index in [1.165, 1.54) is 4.90 Å². The molecule has 4 N–H and O–H groups in total. The molecular weight excluding hydrogens is 430 g/mol. The highest BCUT2D eigenvalue weighted by atomic mass is 19.4. The summed E-state index contributed by atoms with van der Waals surface area (Å²) in [7, 11) is 0. The SMILES string of the molecule is CCCC/C=C/C(C(=O)O)[NH+]1CC[NH2+]CC1.O=C([O-])C(F)(F)F.O=C([O-])C(F)(F)F. The third-order valence-electron chi connectivity index (χ3n) is 3.56. The van der Waals surface area contributed by atoms with Gasteiger partial charge in [-0.25, -0.2) is 4.79 Å². The number of nitrogens with one attached hydrogen (secondary N) is 1. The number of carbonyl (C=O) groups is 3. The van der Waals surface area contributed by atoms with E-state index in [0.717, 1.165) is 45.4 Å². The predicted octanol–water partition coefficient (Wildman–Crippen LogP) is -2.75. The van der Waals surface area contributed by atoms with E-state index in [1.807, 2.05) is 12.2 Å². The number of halogens is 6. The number of piperazine rings is 1. The van der Waals surface area contributed by atoms with Gasteiger partial charge in [-0.2, -0.15) is 26.3 Å². The molecule has 1 rings (SSSR count). The molecule has 0 aromatic rings. The second kappa shape index (κ2) is 14.6. The lowest BCUT2D eigenvalue weighted by Crippen LogP contribution is -3.23. The van der Waals surface area contributed by atoms with Crippen molar-refractivity contribution in [1.29, 1.82) is 0 Å². The quantitative estimate of drug-likeness (QED) is 0.226. The summed E-state index contributed by atoms with van der Waals surface area (Å²) in [6, 6.07) is -0.342. The van der Waals surface area contributed by atoms with E-state index in [1.54, 1.807) is 0 Å². The Kier molecular flexibility index (Phi) is 14.5. The molecule has 1 aliphatic heterocycles. The first-order valence-electron chi connectivity index (χ1n) is 8.76. The fourth-order valence-electron chi connectivity index (χ4n) is 2.10. The summed E-state index contributed by atoms with van der Waals surface area (Å²) < 4.78 is 63.1. The van der Waals surface area contributed by atoms with Crippen molar-refractivity contribution in [2.24, 2.45) is 0 Å². The first-order chi connectivity index (χ1) is 13.6. The molecule has 1 fully saturated rings. The average molecular weight is 454 g/mol. The molecule has 0 aromatic heterocycles. The summed E-state index contributed by atoms with van der Waals surface area (Å²) in [5.74, 6) is -6.70. The minimum atomic E-state index is -5.19. The van der Waals surface area contributed by atoms with Gasteiger partial charge in [0.2, 0.25) is 6.04 Å². The van der Waals surface area contributed by atoms with Gasteiger partial charge in [0, 0.05) is 0 Å². The van der Waals surface area contributed by atoms with E-state index >= 15 is 0 Å². The van der Waals surface area contributed by atoms with E-state index in [-0.39, 0.29) is 6.04 Å². The molecule has 0 radical (unpaired) electrons. The van der Waals surface area contributed by atoms with Gasteiger partial charge in [0.15, 0.2) is 0 Å². The summed E-state index contributed by atoms with van der Waals surface area (Å²) >= 11 is 0. The van der Waals surface area contributed by atoms with Crippen LogP contribution in [0.25, 0.3) is 0 Å². The van der Waals surface area contributed by atoms with Crippen molar-refractivity contribution in [3.8, 4) is 0 Å². The second-order valence-electron chi connectivity index (χ2n) is 5.98. The van der Waals surface area contributed by atoms with Crippen LogP contribution in [0.4, 0.5) is 26.3 Å². The summed E-state index contributed by atoms with van der Waals surface area (Å²) in [5.41, 5.74) is 0. The van der Waals surface area contributed by atoms with Crippen molar-refractivity contribution >= 4 is 17.9 Å². The molecule has 1 heterocycles. The van der Waals surface area contributed by atoms with Crippen LogP contribution in [0.15, 0.2) is 12.2 Å². The van der Waals surface area contributed by atoms with Crippen LogP contribution < -0.4 is 20.4 Å². The van der Waals surface area contributed by atoms with Crippen molar-refractivity contribution in [3.63, 3.8) is 0 Å². The number of rotatable bonds is 6. The maximum absolute atomic E-state index is 11.2. The number of aliphatic carboxylic acids is 3. The number of carboxylic acid groups (broad SMARTS) is 3. The smallest absolute Gasteiger partial charge is 0.430 e. The molecule has 176 valence electrons. The lowest BCUT2D eigenvalue weighted by atomic mass is 10.1. The molecule has 0 amide bonds. The highest BCUT2D eigenvalue weighted by Crippen LogP contribution is 2.12. The number of carboxylic acids is 3. The van der Waals surface area contributed by atoms with Crippen LogP contribution in [-0.4, -0.2) is 67.6 Å². The number of hydrogen-bond acceptors (Lipinski definition) is 5. The molecule has 0 spiro atoms. The van der Waals surface area contributed by atoms with Crippen LogP contribution in [0.2, 0.25) is 0 Å². The van der Waals surface area contributed by atoms with Gasteiger partial charge in [-0.1, -0.05) is 25.8 Å². The van der Waals surface area contributed by atoms with E-state index in [4.69, 9.17) is 19.8 Å². The van der Waals surface area contributed by atoms with Crippen LogP contribution in [0, 0.1) is 0 Å². The van der Waals surface area contributed by atoms with Gasteiger partial charge in [-0.3, -0.25) is 0 Å². The zero-order chi connectivity index (χ0) is 24.0. The number of alkyl halides is 6. The molecular formula is C16H24F6N2O6. The van der Waals surface area contributed by atoms with E-state index in [0.29, 0.717) is 0 Å².